The number of carboxylic acids is 1. The number of aliphatic carboxylic acids is 1. The molecule has 3 rings (SSSR count). The van der Waals surface area contributed by atoms with Crippen LogP contribution in [0.3, 0.4) is 0 Å². The van der Waals surface area contributed by atoms with E-state index in [0.717, 1.165) is 16.6 Å². The van der Waals surface area contributed by atoms with Gasteiger partial charge in [-0.15, -0.1) is 0 Å². The summed E-state index contributed by atoms with van der Waals surface area (Å²) in [4.78, 5) is 23.5. The highest BCUT2D eigenvalue weighted by Crippen LogP contribution is 2.32. The summed E-state index contributed by atoms with van der Waals surface area (Å²) in [5.74, 6) is -1.45. The molecule has 22 heavy (non-hydrogen) atoms. The van der Waals surface area contributed by atoms with Crippen LogP contribution in [0, 0.1) is 0 Å². The first-order valence-electron chi connectivity index (χ1n) is 6.88. The Hall–Kier alpha value is -2.15. The van der Waals surface area contributed by atoms with Crippen molar-refractivity contribution in [3.8, 4) is 5.69 Å². The van der Waals surface area contributed by atoms with Crippen molar-refractivity contribution in [2.45, 2.75) is 24.8 Å². The van der Waals surface area contributed by atoms with Crippen molar-refractivity contribution in [3.05, 3.63) is 46.7 Å². The lowest BCUT2D eigenvalue weighted by atomic mass is 9.76. The van der Waals surface area contributed by atoms with Crippen LogP contribution in [0.4, 0.5) is 0 Å². The van der Waals surface area contributed by atoms with E-state index >= 15 is 0 Å². The van der Waals surface area contributed by atoms with E-state index in [-0.39, 0.29) is 5.69 Å². The van der Waals surface area contributed by atoms with Crippen LogP contribution in [0.5, 0.6) is 0 Å². The number of hydrogen-bond donors (Lipinski definition) is 2. The van der Waals surface area contributed by atoms with Gasteiger partial charge in [0.2, 0.25) is 0 Å². The molecule has 0 spiro atoms. The maximum atomic E-state index is 12.2. The third-order valence-electron chi connectivity index (χ3n) is 3.86. The number of aromatic nitrogens is 2. The summed E-state index contributed by atoms with van der Waals surface area (Å²) in [5, 5.41) is 16.1. The van der Waals surface area contributed by atoms with Gasteiger partial charge in [0.25, 0.3) is 5.91 Å². The van der Waals surface area contributed by atoms with Gasteiger partial charge in [-0.3, -0.25) is 4.79 Å². The predicted molar refractivity (Wildman–Crippen MR) is 82.9 cm³/mol. The Morgan fingerprint density at radius 1 is 1.32 bits per heavy atom. The zero-order valence-electron chi connectivity index (χ0n) is 11.6. The van der Waals surface area contributed by atoms with Crippen LogP contribution in [0.1, 0.15) is 29.8 Å². The van der Waals surface area contributed by atoms with Gasteiger partial charge in [0.1, 0.15) is 5.54 Å². The molecular formula is C15H14BrN3O3. The lowest BCUT2D eigenvalue weighted by Gasteiger charge is -2.37. The lowest BCUT2D eigenvalue weighted by molar-refractivity contribution is -0.148. The number of hydrogen-bond acceptors (Lipinski definition) is 3. The molecule has 0 unspecified atom stereocenters. The van der Waals surface area contributed by atoms with Crippen molar-refractivity contribution < 1.29 is 14.7 Å². The number of amides is 1. The van der Waals surface area contributed by atoms with E-state index in [1.807, 2.05) is 24.3 Å². The molecule has 2 aromatic rings. The molecule has 1 amide bonds. The Labute approximate surface area is 135 Å². The van der Waals surface area contributed by atoms with Crippen molar-refractivity contribution in [2.75, 3.05) is 0 Å². The second-order valence-electron chi connectivity index (χ2n) is 5.32. The molecule has 1 aliphatic rings. The average Bonchev–Trinajstić information content (AvgIpc) is 2.92. The summed E-state index contributed by atoms with van der Waals surface area (Å²) in [5.41, 5.74) is -0.117. The monoisotopic (exact) mass is 363 g/mol. The fourth-order valence-corrected chi connectivity index (χ4v) is 2.80. The number of nitrogens with zero attached hydrogens (tertiary/aromatic N) is 2. The number of nitrogens with one attached hydrogen (secondary N) is 1. The number of carbonyl (C=O) groups excluding carboxylic acids is 1. The van der Waals surface area contributed by atoms with Crippen LogP contribution >= 0.6 is 15.9 Å². The highest BCUT2D eigenvalue weighted by Gasteiger charge is 2.46. The van der Waals surface area contributed by atoms with Crippen LogP contribution in [0.2, 0.25) is 0 Å². The average molecular weight is 364 g/mol. The third kappa shape index (κ3) is 2.64. The Balaban J connectivity index is 1.79. The van der Waals surface area contributed by atoms with Gasteiger partial charge in [0.05, 0.1) is 5.69 Å². The van der Waals surface area contributed by atoms with Gasteiger partial charge in [-0.1, -0.05) is 22.0 Å². The summed E-state index contributed by atoms with van der Waals surface area (Å²) < 4.78 is 2.49. The molecule has 0 atom stereocenters. The molecular weight excluding hydrogens is 350 g/mol. The summed E-state index contributed by atoms with van der Waals surface area (Å²) in [6.07, 6.45) is 3.39. The fourth-order valence-electron chi connectivity index (χ4n) is 2.41. The van der Waals surface area contributed by atoms with E-state index in [4.69, 9.17) is 0 Å². The Kier molecular flexibility index (Phi) is 3.74. The quantitative estimate of drug-likeness (QED) is 0.873. The Morgan fingerprint density at radius 2 is 2.09 bits per heavy atom. The summed E-state index contributed by atoms with van der Waals surface area (Å²) >= 11 is 3.38. The summed E-state index contributed by atoms with van der Waals surface area (Å²) in [6.45, 7) is 0. The molecule has 0 aliphatic heterocycles. The summed E-state index contributed by atoms with van der Waals surface area (Å²) in [6, 6.07) is 9.08. The van der Waals surface area contributed by atoms with Crippen molar-refractivity contribution in [2.24, 2.45) is 0 Å². The SMILES string of the molecule is O=C(NC1(C(=O)O)CCC1)c1ccn(-c2cccc(Br)c2)n1. The summed E-state index contributed by atoms with van der Waals surface area (Å²) in [7, 11) is 0. The first-order valence-corrected chi connectivity index (χ1v) is 7.67. The number of carboxylic acid groups (broad SMARTS) is 1. The van der Waals surface area contributed by atoms with Crippen molar-refractivity contribution in [1.82, 2.24) is 15.1 Å². The van der Waals surface area contributed by atoms with E-state index in [9.17, 15) is 14.7 Å². The van der Waals surface area contributed by atoms with Crippen molar-refractivity contribution in [1.29, 1.82) is 0 Å². The van der Waals surface area contributed by atoms with Gasteiger partial charge in [-0.25, -0.2) is 9.48 Å². The van der Waals surface area contributed by atoms with Gasteiger partial charge in [-0.2, -0.15) is 5.10 Å². The molecule has 2 N–H and O–H groups in total. The van der Waals surface area contributed by atoms with Gasteiger partial charge in [-0.05, 0) is 43.5 Å². The van der Waals surface area contributed by atoms with Crippen molar-refractivity contribution in [3.63, 3.8) is 0 Å². The molecule has 1 aliphatic carbocycles. The standard InChI is InChI=1S/C15H14BrN3O3/c16-10-3-1-4-11(9-10)19-8-5-12(18-19)13(20)17-15(14(21)22)6-2-7-15/h1,3-5,8-9H,2,6-7H2,(H,17,20)(H,21,22). The molecule has 114 valence electrons. The minimum Gasteiger partial charge on any atom is -0.480 e. The molecule has 7 heteroatoms. The smallest absolute Gasteiger partial charge is 0.329 e. The maximum Gasteiger partial charge on any atom is 0.329 e. The molecule has 0 saturated heterocycles. The largest absolute Gasteiger partial charge is 0.480 e. The molecule has 1 heterocycles. The lowest BCUT2D eigenvalue weighted by Crippen LogP contribution is -2.59. The van der Waals surface area contributed by atoms with Crippen LogP contribution < -0.4 is 5.32 Å². The second kappa shape index (κ2) is 5.57. The molecule has 1 aromatic carbocycles. The number of rotatable bonds is 4. The van der Waals surface area contributed by atoms with Crippen LogP contribution in [-0.4, -0.2) is 32.3 Å². The molecule has 6 nitrogen and oxygen atoms in total. The zero-order chi connectivity index (χ0) is 15.7. The van der Waals surface area contributed by atoms with Gasteiger partial charge in [0.15, 0.2) is 5.69 Å². The van der Waals surface area contributed by atoms with Crippen LogP contribution in [0.15, 0.2) is 41.0 Å². The van der Waals surface area contributed by atoms with Gasteiger partial charge in [0, 0.05) is 10.7 Å². The fraction of sp³-hybridized carbons (Fsp3) is 0.267. The highest BCUT2D eigenvalue weighted by atomic mass is 79.9. The Bertz CT molecular complexity index is 737. The predicted octanol–water partition coefficient (Wildman–Crippen LogP) is 2.37. The van der Waals surface area contributed by atoms with Gasteiger partial charge >= 0.3 is 5.97 Å². The number of benzene rings is 1. The van der Waals surface area contributed by atoms with E-state index < -0.39 is 17.4 Å². The molecule has 1 aromatic heterocycles. The second-order valence-corrected chi connectivity index (χ2v) is 6.24. The van der Waals surface area contributed by atoms with Crippen LogP contribution in [0.25, 0.3) is 5.69 Å². The minimum absolute atomic E-state index is 0.201. The minimum atomic E-state index is -1.13. The highest BCUT2D eigenvalue weighted by molar-refractivity contribution is 9.10. The molecule has 0 radical (unpaired) electrons. The molecule has 0 bridgehead atoms. The topological polar surface area (TPSA) is 84.2 Å². The Morgan fingerprint density at radius 3 is 2.68 bits per heavy atom. The van der Waals surface area contributed by atoms with E-state index in [1.54, 1.807) is 16.9 Å². The van der Waals surface area contributed by atoms with Gasteiger partial charge < -0.3 is 10.4 Å². The zero-order valence-corrected chi connectivity index (χ0v) is 13.2. The normalized spacial score (nSPS) is 15.9. The first-order chi connectivity index (χ1) is 10.5. The van der Waals surface area contributed by atoms with Crippen molar-refractivity contribution >= 4 is 27.8 Å². The third-order valence-corrected chi connectivity index (χ3v) is 4.36. The van der Waals surface area contributed by atoms with E-state index in [1.165, 1.54) is 0 Å². The number of halogens is 1. The first kappa shape index (κ1) is 14.8. The van der Waals surface area contributed by atoms with E-state index in [0.29, 0.717) is 12.8 Å². The number of carbonyl (C=O) groups is 2. The van der Waals surface area contributed by atoms with E-state index in [2.05, 4.69) is 26.3 Å². The maximum absolute atomic E-state index is 12.2. The molecule has 1 fully saturated rings. The molecule has 1 saturated carbocycles. The van der Waals surface area contributed by atoms with Crippen LogP contribution in [-0.2, 0) is 4.79 Å².